The lowest BCUT2D eigenvalue weighted by Crippen LogP contribution is -2.16. The van der Waals surface area contributed by atoms with E-state index < -0.39 is 5.97 Å². The van der Waals surface area contributed by atoms with Gasteiger partial charge in [-0.05, 0) is 38.5 Å². The lowest BCUT2D eigenvalue weighted by atomic mass is 10.1. The number of hydrogen-bond acceptors (Lipinski definition) is 8. The molecule has 0 aliphatic carbocycles. The molecule has 0 saturated heterocycles. The van der Waals surface area contributed by atoms with Gasteiger partial charge in [-0.25, -0.2) is 9.78 Å². The van der Waals surface area contributed by atoms with Crippen molar-refractivity contribution in [2.75, 3.05) is 23.0 Å². The fourth-order valence-electron chi connectivity index (χ4n) is 2.67. The minimum atomic E-state index is -0.575. The quantitative estimate of drug-likeness (QED) is 0.352. The van der Waals surface area contributed by atoms with Gasteiger partial charge in [0.15, 0.2) is 4.34 Å². The van der Waals surface area contributed by atoms with Crippen LogP contribution in [0.1, 0.15) is 38.2 Å². The zero-order valence-corrected chi connectivity index (χ0v) is 19.6. The molecule has 7 nitrogen and oxygen atoms in total. The third kappa shape index (κ3) is 5.93. The van der Waals surface area contributed by atoms with E-state index in [1.54, 1.807) is 26.0 Å². The van der Waals surface area contributed by atoms with Gasteiger partial charge in [-0.3, -0.25) is 9.59 Å². The average molecular weight is 476 g/mol. The smallest absolute Gasteiger partial charge is 0.341 e. The second-order valence-electron chi connectivity index (χ2n) is 6.39. The zero-order chi connectivity index (χ0) is 22.4. The molecular formula is C21H21N3O4S3. The Kier molecular flexibility index (Phi) is 7.83. The van der Waals surface area contributed by atoms with Gasteiger partial charge in [-0.1, -0.05) is 30.0 Å². The number of amides is 2. The SMILES string of the molecule is CCOC(=O)c1c(NC(=O)CSc2nc(C)cs2)sc(C(=O)Nc2ccccc2)c1C. The molecular weight excluding hydrogens is 454 g/mol. The molecule has 0 bridgehead atoms. The van der Waals surface area contributed by atoms with Crippen LogP contribution in [0, 0.1) is 13.8 Å². The number of carbonyl (C=O) groups excluding carboxylic acids is 3. The maximum Gasteiger partial charge on any atom is 0.341 e. The van der Waals surface area contributed by atoms with Crippen molar-refractivity contribution in [2.45, 2.75) is 25.1 Å². The Balaban J connectivity index is 1.80. The highest BCUT2D eigenvalue weighted by Gasteiger charge is 2.26. The number of nitrogens with one attached hydrogen (secondary N) is 2. The van der Waals surface area contributed by atoms with Gasteiger partial charge in [0, 0.05) is 16.8 Å². The van der Waals surface area contributed by atoms with E-state index in [4.69, 9.17) is 4.74 Å². The Morgan fingerprint density at radius 1 is 1.13 bits per heavy atom. The zero-order valence-electron chi connectivity index (χ0n) is 17.2. The van der Waals surface area contributed by atoms with E-state index in [9.17, 15) is 14.4 Å². The molecule has 2 amide bonds. The molecule has 162 valence electrons. The first-order valence-corrected chi connectivity index (χ1v) is 12.1. The Morgan fingerprint density at radius 3 is 2.52 bits per heavy atom. The van der Waals surface area contributed by atoms with Crippen molar-refractivity contribution in [2.24, 2.45) is 0 Å². The highest BCUT2D eigenvalue weighted by Crippen LogP contribution is 2.34. The van der Waals surface area contributed by atoms with Gasteiger partial charge in [-0.2, -0.15) is 0 Å². The minimum absolute atomic E-state index is 0.137. The van der Waals surface area contributed by atoms with Gasteiger partial charge in [0.1, 0.15) is 5.00 Å². The van der Waals surface area contributed by atoms with Crippen molar-refractivity contribution < 1.29 is 19.1 Å². The molecule has 3 aromatic rings. The number of thioether (sulfide) groups is 1. The number of esters is 1. The summed E-state index contributed by atoms with van der Waals surface area (Å²) in [4.78, 5) is 42.5. The molecule has 0 radical (unpaired) electrons. The van der Waals surface area contributed by atoms with Crippen LogP contribution in [-0.2, 0) is 9.53 Å². The maximum atomic E-state index is 12.8. The van der Waals surface area contributed by atoms with E-state index in [1.165, 1.54) is 23.1 Å². The second kappa shape index (κ2) is 10.6. The molecule has 0 atom stereocenters. The number of aryl methyl sites for hydroxylation is 1. The molecule has 31 heavy (non-hydrogen) atoms. The number of rotatable bonds is 8. The van der Waals surface area contributed by atoms with E-state index >= 15 is 0 Å². The number of para-hydroxylation sites is 1. The highest BCUT2D eigenvalue weighted by molar-refractivity contribution is 8.01. The predicted octanol–water partition coefficient (Wildman–Crippen LogP) is 4.98. The Morgan fingerprint density at radius 2 is 1.87 bits per heavy atom. The lowest BCUT2D eigenvalue weighted by molar-refractivity contribution is -0.113. The van der Waals surface area contributed by atoms with Gasteiger partial charge in [0.2, 0.25) is 5.91 Å². The summed E-state index contributed by atoms with van der Waals surface area (Å²) in [6.45, 7) is 5.45. The summed E-state index contributed by atoms with van der Waals surface area (Å²) < 4.78 is 5.94. The van der Waals surface area contributed by atoms with Crippen LogP contribution < -0.4 is 10.6 Å². The molecule has 0 saturated carbocycles. The Labute approximate surface area is 192 Å². The largest absolute Gasteiger partial charge is 0.462 e. The fraction of sp³-hybridized carbons (Fsp3) is 0.238. The predicted molar refractivity (Wildman–Crippen MR) is 126 cm³/mol. The lowest BCUT2D eigenvalue weighted by Gasteiger charge is -2.06. The summed E-state index contributed by atoms with van der Waals surface area (Å²) in [5.41, 5.74) is 2.21. The van der Waals surface area contributed by atoms with Crippen LogP contribution in [0.3, 0.4) is 0 Å². The summed E-state index contributed by atoms with van der Waals surface area (Å²) in [6.07, 6.45) is 0. The van der Waals surface area contributed by atoms with Gasteiger partial charge in [-0.15, -0.1) is 22.7 Å². The van der Waals surface area contributed by atoms with E-state index in [0.29, 0.717) is 21.1 Å². The number of nitrogens with zero attached hydrogens (tertiary/aromatic N) is 1. The molecule has 3 rings (SSSR count). The summed E-state index contributed by atoms with van der Waals surface area (Å²) in [5, 5.41) is 7.79. The standard InChI is InChI=1S/C21H21N3O4S3/c1-4-28-20(27)16-13(3)17(18(26)23-14-8-6-5-7-9-14)31-19(16)24-15(25)11-30-21-22-12(2)10-29-21/h5-10H,4,11H2,1-3H3,(H,23,26)(H,24,25). The second-order valence-corrected chi connectivity index (χ2v) is 9.49. The molecule has 2 N–H and O–H groups in total. The van der Waals surface area contributed by atoms with E-state index in [2.05, 4.69) is 15.6 Å². The first-order chi connectivity index (χ1) is 14.9. The van der Waals surface area contributed by atoms with Gasteiger partial charge >= 0.3 is 5.97 Å². The first kappa shape index (κ1) is 23.0. The highest BCUT2D eigenvalue weighted by atomic mass is 32.2. The number of carbonyl (C=O) groups is 3. The molecule has 2 heterocycles. The number of thiazole rings is 1. The normalized spacial score (nSPS) is 10.5. The molecule has 0 fully saturated rings. The summed E-state index contributed by atoms with van der Waals surface area (Å²) in [5.74, 6) is -1.09. The number of benzene rings is 1. The fourth-order valence-corrected chi connectivity index (χ4v) is 5.42. The topological polar surface area (TPSA) is 97.4 Å². The number of ether oxygens (including phenoxy) is 1. The molecule has 10 heteroatoms. The molecule has 2 aromatic heterocycles. The number of anilines is 2. The Bertz CT molecular complexity index is 1090. The minimum Gasteiger partial charge on any atom is -0.462 e. The van der Waals surface area contributed by atoms with Crippen molar-refractivity contribution >= 4 is 62.9 Å². The van der Waals surface area contributed by atoms with Crippen LogP contribution in [0.2, 0.25) is 0 Å². The van der Waals surface area contributed by atoms with Crippen molar-refractivity contribution in [1.82, 2.24) is 4.98 Å². The van der Waals surface area contributed by atoms with Crippen LogP contribution in [0.25, 0.3) is 0 Å². The van der Waals surface area contributed by atoms with Crippen LogP contribution in [0.4, 0.5) is 10.7 Å². The molecule has 1 aromatic carbocycles. The maximum absolute atomic E-state index is 12.8. The van der Waals surface area contributed by atoms with Crippen LogP contribution in [-0.4, -0.2) is 35.1 Å². The van der Waals surface area contributed by atoms with E-state index in [1.807, 2.05) is 30.5 Å². The van der Waals surface area contributed by atoms with Gasteiger partial charge in [0.05, 0.1) is 22.8 Å². The van der Waals surface area contributed by atoms with Gasteiger partial charge < -0.3 is 15.4 Å². The van der Waals surface area contributed by atoms with Crippen LogP contribution in [0.15, 0.2) is 40.1 Å². The first-order valence-electron chi connectivity index (χ1n) is 9.40. The van der Waals surface area contributed by atoms with Crippen molar-refractivity contribution in [1.29, 1.82) is 0 Å². The third-order valence-electron chi connectivity index (χ3n) is 4.04. The number of hydrogen-bond donors (Lipinski definition) is 2. The molecule has 0 aliphatic heterocycles. The molecule has 0 unspecified atom stereocenters. The van der Waals surface area contributed by atoms with Crippen molar-refractivity contribution in [3.63, 3.8) is 0 Å². The third-order valence-corrected chi connectivity index (χ3v) is 7.39. The molecule has 0 aliphatic rings. The number of thiophene rings is 1. The van der Waals surface area contributed by atoms with Gasteiger partial charge in [0.25, 0.3) is 5.91 Å². The monoisotopic (exact) mass is 475 g/mol. The summed E-state index contributed by atoms with van der Waals surface area (Å²) >= 11 is 3.84. The summed E-state index contributed by atoms with van der Waals surface area (Å²) in [7, 11) is 0. The van der Waals surface area contributed by atoms with Crippen LogP contribution >= 0.6 is 34.4 Å². The van der Waals surface area contributed by atoms with E-state index in [0.717, 1.165) is 21.4 Å². The summed E-state index contributed by atoms with van der Waals surface area (Å²) in [6, 6.07) is 9.02. The van der Waals surface area contributed by atoms with Crippen molar-refractivity contribution in [3.05, 3.63) is 57.4 Å². The molecule has 0 spiro atoms. The van der Waals surface area contributed by atoms with Crippen LogP contribution in [0.5, 0.6) is 0 Å². The average Bonchev–Trinajstić information content (AvgIpc) is 3.30. The Hall–Kier alpha value is -2.69. The van der Waals surface area contributed by atoms with Crippen molar-refractivity contribution in [3.8, 4) is 0 Å². The van der Waals surface area contributed by atoms with E-state index in [-0.39, 0.29) is 29.7 Å². The number of aromatic nitrogens is 1.